The van der Waals surface area contributed by atoms with Gasteiger partial charge in [0, 0.05) is 24.2 Å². The van der Waals surface area contributed by atoms with Crippen LogP contribution in [0, 0.1) is 0 Å². The maximum atomic E-state index is 4.58. The van der Waals surface area contributed by atoms with E-state index in [0.717, 1.165) is 24.4 Å². The van der Waals surface area contributed by atoms with Crippen LogP contribution in [0.3, 0.4) is 0 Å². The van der Waals surface area contributed by atoms with E-state index in [2.05, 4.69) is 33.5 Å². The van der Waals surface area contributed by atoms with Crippen LogP contribution in [0.5, 0.6) is 0 Å². The molecule has 3 heteroatoms. The predicted octanol–water partition coefficient (Wildman–Crippen LogP) is 2.09. The summed E-state index contributed by atoms with van der Waals surface area (Å²) in [5.41, 5.74) is 4.61. The number of rotatable bonds is 0. The maximum Gasteiger partial charge on any atom is 0.138 e. The van der Waals surface area contributed by atoms with Gasteiger partial charge in [0.25, 0.3) is 0 Å². The van der Waals surface area contributed by atoms with Gasteiger partial charge >= 0.3 is 0 Å². The Bertz CT molecular complexity index is 460. The van der Waals surface area contributed by atoms with E-state index in [0.29, 0.717) is 0 Å². The Morgan fingerprint density at radius 3 is 3.07 bits per heavy atom. The predicted molar refractivity (Wildman–Crippen MR) is 63.0 cm³/mol. The lowest BCUT2D eigenvalue weighted by molar-refractivity contribution is 0.811. The number of nitrogens with one attached hydrogen (secondary N) is 1. The first-order valence-electron chi connectivity index (χ1n) is 5.33. The highest BCUT2D eigenvalue weighted by Crippen LogP contribution is 2.24. The van der Waals surface area contributed by atoms with E-state index in [1.165, 1.54) is 11.3 Å². The Labute approximate surface area is 88.9 Å². The van der Waals surface area contributed by atoms with Gasteiger partial charge in [0.2, 0.25) is 0 Å². The summed E-state index contributed by atoms with van der Waals surface area (Å²) in [5, 5.41) is 3.41. The van der Waals surface area contributed by atoms with Crippen LogP contribution in [-0.4, -0.2) is 24.1 Å². The lowest BCUT2D eigenvalue weighted by Gasteiger charge is -2.06. The van der Waals surface area contributed by atoms with Gasteiger partial charge in [-0.25, -0.2) is 0 Å². The largest absolute Gasteiger partial charge is 0.384 e. The molecule has 0 aromatic heterocycles. The molecule has 1 aromatic carbocycles. The Morgan fingerprint density at radius 1 is 1.27 bits per heavy atom. The molecule has 0 saturated carbocycles. The topological polar surface area (TPSA) is 36.8 Å². The highest BCUT2D eigenvalue weighted by molar-refractivity contribution is 6.50. The number of fused-ring (bicyclic) bond motifs is 3. The standard InChI is InChI=1S/C12H13N3/c1-8-14-11-6-7-13-10-5-3-2-4-9(10)12(11)15-8/h2-5,8,13H,6-7H2,1H3. The Balaban J connectivity index is 2.17. The van der Waals surface area contributed by atoms with Gasteiger partial charge in [-0.3, -0.25) is 9.98 Å². The molecule has 1 aromatic rings. The minimum atomic E-state index is 0.0983. The van der Waals surface area contributed by atoms with Gasteiger partial charge in [0.15, 0.2) is 0 Å². The van der Waals surface area contributed by atoms with Crippen LogP contribution >= 0.6 is 0 Å². The Kier molecular flexibility index (Phi) is 1.84. The summed E-state index contributed by atoms with van der Waals surface area (Å²) < 4.78 is 0. The van der Waals surface area contributed by atoms with E-state index in [9.17, 15) is 0 Å². The molecule has 3 rings (SSSR count). The van der Waals surface area contributed by atoms with E-state index in [4.69, 9.17) is 0 Å². The van der Waals surface area contributed by atoms with Crippen molar-refractivity contribution in [1.29, 1.82) is 0 Å². The van der Waals surface area contributed by atoms with Crippen molar-refractivity contribution in [2.24, 2.45) is 9.98 Å². The summed E-state index contributed by atoms with van der Waals surface area (Å²) in [6, 6.07) is 8.31. The van der Waals surface area contributed by atoms with Gasteiger partial charge in [-0.1, -0.05) is 18.2 Å². The van der Waals surface area contributed by atoms with Gasteiger partial charge < -0.3 is 5.32 Å². The summed E-state index contributed by atoms with van der Waals surface area (Å²) >= 11 is 0. The molecule has 0 fully saturated rings. The zero-order valence-electron chi connectivity index (χ0n) is 8.70. The zero-order chi connectivity index (χ0) is 10.3. The third-order valence-corrected chi connectivity index (χ3v) is 2.79. The third kappa shape index (κ3) is 1.35. The number of aliphatic imine (C=N–C) groups is 2. The molecule has 1 unspecified atom stereocenters. The summed E-state index contributed by atoms with van der Waals surface area (Å²) in [6.45, 7) is 2.98. The highest BCUT2D eigenvalue weighted by atomic mass is 15.1. The fraction of sp³-hybridized carbons (Fsp3) is 0.333. The summed E-state index contributed by atoms with van der Waals surface area (Å²) in [7, 11) is 0. The molecule has 3 nitrogen and oxygen atoms in total. The number of para-hydroxylation sites is 1. The fourth-order valence-electron chi connectivity index (χ4n) is 2.14. The normalized spacial score (nSPS) is 23.1. The number of hydrogen-bond acceptors (Lipinski definition) is 3. The molecule has 2 heterocycles. The van der Waals surface area contributed by atoms with Gasteiger partial charge in [-0.05, 0) is 13.0 Å². The fourth-order valence-corrected chi connectivity index (χ4v) is 2.14. The average Bonchev–Trinajstić information content (AvgIpc) is 2.52. The first-order chi connectivity index (χ1) is 7.34. The van der Waals surface area contributed by atoms with Crippen molar-refractivity contribution in [3.63, 3.8) is 0 Å². The second kappa shape index (κ2) is 3.19. The second-order valence-electron chi connectivity index (χ2n) is 3.91. The van der Waals surface area contributed by atoms with Gasteiger partial charge in [-0.15, -0.1) is 0 Å². The molecular weight excluding hydrogens is 186 g/mol. The van der Waals surface area contributed by atoms with E-state index >= 15 is 0 Å². The van der Waals surface area contributed by atoms with Crippen molar-refractivity contribution < 1.29 is 0 Å². The van der Waals surface area contributed by atoms with Crippen molar-refractivity contribution in [3.05, 3.63) is 29.8 Å². The first-order valence-corrected chi connectivity index (χ1v) is 5.33. The quantitative estimate of drug-likeness (QED) is 0.682. The van der Waals surface area contributed by atoms with Crippen LogP contribution in [-0.2, 0) is 0 Å². The van der Waals surface area contributed by atoms with Crippen LogP contribution in [0.25, 0.3) is 0 Å². The van der Waals surface area contributed by atoms with Crippen molar-refractivity contribution in [2.75, 3.05) is 11.9 Å². The number of benzene rings is 1. The van der Waals surface area contributed by atoms with Crippen LogP contribution < -0.4 is 5.32 Å². The molecule has 1 atom stereocenters. The molecule has 0 aliphatic carbocycles. The van der Waals surface area contributed by atoms with Crippen LogP contribution in [0.1, 0.15) is 18.9 Å². The maximum absolute atomic E-state index is 4.58. The number of hydrogen-bond donors (Lipinski definition) is 1. The molecule has 0 spiro atoms. The van der Waals surface area contributed by atoms with E-state index in [-0.39, 0.29) is 6.17 Å². The van der Waals surface area contributed by atoms with Crippen LogP contribution in [0.4, 0.5) is 5.69 Å². The van der Waals surface area contributed by atoms with Crippen molar-refractivity contribution in [1.82, 2.24) is 0 Å². The minimum Gasteiger partial charge on any atom is -0.384 e. The lowest BCUT2D eigenvalue weighted by atomic mass is 10.0. The molecule has 76 valence electrons. The Morgan fingerprint density at radius 2 is 2.13 bits per heavy atom. The number of nitrogens with zero attached hydrogens (tertiary/aromatic N) is 2. The molecule has 0 amide bonds. The Hall–Kier alpha value is -1.64. The van der Waals surface area contributed by atoms with Gasteiger partial charge in [0.1, 0.15) is 6.17 Å². The van der Waals surface area contributed by atoms with Crippen LogP contribution in [0.15, 0.2) is 34.3 Å². The SMILES string of the molecule is CC1N=C2CCNc3ccccc3C2=N1. The first kappa shape index (κ1) is 8.65. The second-order valence-corrected chi connectivity index (χ2v) is 3.91. The van der Waals surface area contributed by atoms with Gasteiger partial charge in [-0.2, -0.15) is 0 Å². The van der Waals surface area contributed by atoms with Crippen molar-refractivity contribution >= 4 is 17.1 Å². The molecule has 0 bridgehead atoms. The highest BCUT2D eigenvalue weighted by Gasteiger charge is 2.23. The molecule has 2 aliphatic rings. The monoisotopic (exact) mass is 199 g/mol. The third-order valence-electron chi connectivity index (χ3n) is 2.79. The molecule has 0 radical (unpaired) electrons. The summed E-state index contributed by atoms with van der Waals surface area (Å²) in [5.74, 6) is 0. The number of anilines is 1. The molecular formula is C12H13N3. The van der Waals surface area contributed by atoms with E-state index in [1.54, 1.807) is 0 Å². The van der Waals surface area contributed by atoms with Crippen LogP contribution in [0.2, 0.25) is 0 Å². The summed E-state index contributed by atoms with van der Waals surface area (Å²) in [4.78, 5) is 9.13. The molecule has 2 aliphatic heterocycles. The van der Waals surface area contributed by atoms with Crippen molar-refractivity contribution in [2.45, 2.75) is 19.5 Å². The van der Waals surface area contributed by atoms with Crippen molar-refractivity contribution in [3.8, 4) is 0 Å². The van der Waals surface area contributed by atoms with E-state index < -0.39 is 0 Å². The summed E-state index contributed by atoms with van der Waals surface area (Å²) in [6.07, 6.45) is 1.07. The molecule has 15 heavy (non-hydrogen) atoms. The van der Waals surface area contributed by atoms with Gasteiger partial charge in [0.05, 0.1) is 11.4 Å². The zero-order valence-corrected chi connectivity index (χ0v) is 8.70. The minimum absolute atomic E-state index is 0.0983. The lowest BCUT2D eigenvalue weighted by Crippen LogP contribution is -2.11. The smallest absolute Gasteiger partial charge is 0.138 e. The molecule has 0 saturated heterocycles. The average molecular weight is 199 g/mol. The molecule has 1 N–H and O–H groups in total. The van der Waals surface area contributed by atoms with E-state index in [1.807, 2.05) is 13.0 Å².